The number of rotatable bonds is 4. The topological polar surface area (TPSA) is 96.3 Å². The van der Waals surface area contributed by atoms with Crippen molar-refractivity contribution in [1.82, 2.24) is 9.78 Å². The Bertz CT molecular complexity index is 679. The number of aromatic hydroxyl groups is 1. The van der Waals surface area contributed by atoms with Gasteiger partial charge >= 0.3 is 0 Å². The number of carbonyl (C=O) groups is 2. The number of phenolic OH excluding ortho intramolecular Hbond substituents is 1. The van der Waals surface area contributed by atoms with Crippen LogP contribution >= 0.6 is 0 Å². The van der Waals surface area contributed by atoms with Crippen molar-refractivity contribution in [1.29, 1.82) is 0 Å². The number of carbonyl (C=O) groups excluding carboxylic acids is 2. The zero-order chi connectivity index (χ0) is 15.4. The lowest BCUT2D eigenvalue weighted by atomic mass is 10.1. The van der Waals surface area contributed by atoms with E-state index in [1.54, 1.807) is 30.9 Å². The molecule has 0 unspecified atom stereocenters. The van der Waals surface area contributed by atoms with E-state index in [-0.39, 0.29) is 17.2 Å². The number of aryl methyl sites for hydroxylation is 1. The number of aromatic nitrogens is 2. The molecule has 7 nitrogen and oxygen atoms in total. The molecule has 1 aromatic carbocycles. The summed E-state index contributed by atoms with van der Waals surface area (Å²) in [7, 11) is 1.73. The summed E-state index contributed by atoms with van der Waals surface area (Å²) < 4.78 is 1.55. The van der Waals surface area contributed by atoms with E-state index >= 15 is 0 Å². The average molecular weight is 288 g/mol. The standard InChI is InChI=1S/C14H16N4O3/c1-3-13(20)15-9-4-5-11(19)10(8-9)14(21)16-12-6-7-18(2)17-12/h4-8,19H,3H2,1-2H3,(H,15,20)(H,16,17,21). The normalized spacial score (nSPS) is 10.2. The number of anilines is 2. The van der Waals surface area contributed by atoms with Gasteiger partial charge in [-0.05, 0) is 18.2 Å². The fourth-order valence-electron chi connectivity index (χ4n) is 1.71. The average Bonchev–Trinajstić information content (AvgIpc) is 2.85. The van der Waals surface area contributed by atoms with Gasteiger partial charge in [0.1, 0.15) is 5.75 Å². The van der Waals surface area contributed by atoms with Crippen LogP contribution in [0, 0.1) is 0 Å². The number of amides is 2. The third-order valence-corrected chi connectivity index (χ3v) is 2.80. The molecule has 0 fully saturated rings. The lowest BCUT2D eigenvalue weighted by Crippen LogP contribution is -2.14. The molecule has 0 atom stereocenters. The molecule has 0 spiro atoms. The van der Waals surface area contributed by atoms with E-state index in [0.717, 1.165) is 0 Å². The second-order valence-corrected chi connectivity index (χ2v) is 4.46. The minimum atomic E-state index is -0.501. The highest BCUT2D eigenvalue weighted by molar-refractivity contribution is 6.06. The first-order valence-electron chi connectivity index (χ1n) is 6.43. The van der Waals surface area contributed by atoms with Gasteiger partial charge in [-0.1, -0.05) is 6.92 Å². The second-order valence-electron chi connectivity index (χ2n) is 4.46. The van der Waals surface area contributed by atoms with Crippen molar-refractivity contribution in [3.05, 3.63) is 36.0 Å². The molecule has 2 rings (SSSR count). The third kappa shape index (κ3) is 3.59. The Balaban J connectivity index is 2.19. The minimum absolute atomic E-state index is 0.0644. The summed E-state index contributed by atoms with van der Waals surface area (Å²) in [5.41, 5.74) is 0.514. The fraction of sp³-hybridized carbons (Fsp3) is 0.214. The Kier molecular flexibility index (Phi) is 4.22. The Morgan fingerprint density at radius 2 is 2.05 bits per heavy atom. The van der Waals surface area contributed by atoms with Crippen LogP contribution in [0.2, 0.25) is 0 Å². The SMILES string of the molecule is CCC(=O)Nc1ccc(O)c(C(=O)Nc2ccn(C)n2)c1. The van der Waals surface area contributed by atoms with Crippen LogP contribution in [0.3, 0.4) is 0 Å². The zero-order valence-electron chi connectivity index (χ0n) is 11.8. The van der Waals surface area contributed by atoms with Crippen LogP contribution in [-0.2, 0) is 11.8 Å². The molecule has 0 saturated heterocycles. The highest BCUT2D eigenvalue weighted by atomic mass is 16.3. The van der Waals surface area contributed by atoms with Gasteiger partial charge in [0.05, 0.1) is 5.56 Å². The van der Waals surface area contributed by atoms with E-state index in [1.165, 1.54) is 18.2 Å². The third-order valence-electron chi connectivity index (χ3n) is 2.80. The summed E-state index contributed by atoms with van der Waals surface area (Å²) in [6.07, 6.45) is 2.02. The number of nitrogens with one attached hydrogen (secondary N) is 2. The smallest absolute Gasteiger partial charge is 0.260 e. The lowest BCUT2D eigenvalue weighted by molar-refractivity contribution is -0.115. The van der Waals surface area contributed by atoms with Crippen LogP contribution in [-0.4, -0.2) is 26.7 Å². The van der Waals surface area contributed by atoms with Crippen molar-refractivity contribution in [3.63, 3.8) is 0 Å². The maximum absolute atomic E-state index is 12.1. The summed E-state index contributed by atoms with van der Waals surface area (Å²) in [4.78, 5) is 23.5. The first-order valence-corrected chi connectivity index (χ1v) is 6.43. The molecule has 2 aromatic rings. The van der Waals surface area contributed by atoms with Crippen molar-refractivity contribution in [2.45, 2.75) is 13.3 Å². The molecule has 0 bridgehead atoms. The molecule has 0 saturated carbocycles. The van der Waals surface area contributed by atoms with Gasteiger partial charge in [-0.3, -0.25) is 14.3 Å². The summed E-state index contributed by atoms with van der Waals surface area (Å²) in [6, 6.07) is 5.94. The molecule has 2 amide bonds. The van der Waals surface area contributed by atoms with Crippen molar-refractivity contribution in [2.24, 2.45) is 7.05 Å². The second kappa shape index (κ2) is 6.08. The Labute approximate surface area is 121 Å². The Morgan fingerprint density at radius 1 is 1.29 bits per heavy atom. The van der Waals surface area contributed by atoms with Crippen molar-refractivity contribution in [3.8, 4) is 5.75 Å². The van der Waals surface area contributed by atoms with Gasteiger partial charge in [0, 0.05) is 31.4 Å². The number of hydrogen-bond acceptors (Lipinski definition) is 4. The van der Waals surface area contributed by atoms with Gasteiger partial charge in [0.2, 0.25) is 5.91 Å². The first kappa shape index (κ1) is 14.6. The number of hydrogen-bond donors (Lipinski definition) is 3. The Morgan fingerprint density at radius 3 is 2.67 bits per heavy atom. The van der Waals surface area contributed by atoms with Crippen LogP contribution in [0.25, 0.3) is 0 Å². The van der Waals surface area contributed by atoms with Crippen LogP contribution in [0.15, 0.2) is 30.5 Å². The predicted octanol–water partition coefficient (Wildman–Crippen LogP) is 1.73. The molecule has 0 aliphatic rings. The lowest BCUT2D eigenvalue weighted by Gasteiger charge is -2.08. The van der Waals surface area contributed by atoms with Crippen LogP contribution in [0.5, 0.6) is 5.75 Å². The zero-order valence-corrected chi connectivity index (χ0v) is 11.8. The van der Waals surface area contributed by atoms with E-state index in [9.17, 15) is 14.7 Å². The highest BCUT2D eigenvalue weighted by Gasteiger charge is 2.14. The Hall–Kier alpha value is -2.83. The molecule has 1 heterocycles. The molecular formula is C14H16N4O3. The van der Waals surface area contributed by atoms with E-state index in [4.69, 9.17) is 0 Å². The largest absolute Gasteiger partial charge is 0.507 e. The molecular weight excluding hydrogens is 272 g/mol. The van der Waals surface area contributed by atoms with Gasteiger partial charge in [0.25, 0.3) is 5.91 Å². The van der Waals surface area contributed by atoms with E-state index in [0.29, 0.717) is 17.9 Å². The van der Waals surface area contributed by atoms with Crippen molar-refractivity contribution >= 4 is 23.3 Å². The molecule has 7 heteroatoms. The summed E-state index contributed by atoms with van der Waals surface area (Å²) in [5, 5.41) is 19.0. The molecule has 110 valence electrons. The number of phenols is 1. The summed E-state index contributed by atoms with van der Waals surface area (Å²) in [5.74, 6) is -0.460. The van der Waals surface area contributed by atoms with Crippen molar-refractivity contribution < 1.29 is 14.7 Å². The minimum Gasteiger partial charge on any atom is -0.507 e. The molecule has 0 radical (unpaired) electrons. The molecule has 21 heavy (non-hydrogen) atoms. The first-order chi connectivity index (χ1) is 9.99. The van der Waals surface area contributed by atoms with Gasteiger partial charge < -0.3 is 15.7 Å². The molecule has 0 aliphatic carbocycles. The maximum atomic E-state index is 12.1. The number of benzene rings is 1. The fourth-order valence-corrected chi connectivity index (χ4v) is 1.71. The van der Waals surface area contributed by atoms with Crippen molar-refractivity contribution in [2.75, 3.05) is 10.6 Å². The van der Waals surface area contributed by atoms with Gasteiger partial charge in [-0.15, -0.1) is 0 Å². The van der Waals surface area contributed by atoms with Crippen LogP contribution in [0.1, 0.15) is 23.7 Å². The number of nitrogens with zero attached hydrogens (tertiary/aromatic N) is 2. The monoisotopic (exact) mass is 288 g/mol. The maximum Gasteiger partial charge on any atom is 0.260 e. The van der Waals surface area contributed by atoms with Crippen LogP contribution < -0.4 is 10.6 Å². The predicted molar refractivity (Wildman–Crippen MR) is 78.2 cm³/mol. The highest BCUT2D eigenvalue weighted by Crippen LogP contribution is 2.22. The molecule has 1 aromatic heterocycles. The van der Waals surface area contributed by atoms with E-state index in [1.807, 2.05) is 0 Å². The van der Waals surface area contributed by atoms with Gasteiger partial charge in [-0.25, -0.2) is 0 Å². The molecule has 0 aliphatic heterocycles. The summed E-state index contributed by atoms with van der Waals surface area (Å²) in [6.45, 7) is 1.73. The summed E-state index contributed by atoms with van der Waals surface area (Å²) >= 11 is 0. The quantitative estimate of drug-likeness (QED) is 0.746. The van der Waals surface area contributed by atoms with Gasteiger partial charge in [0.15, 0.2) is 5.82 Å². The van der Waals surface area contributed by atoms with E-state index in [2.05, 4.69) is 15.7 Å². The molecule has 3 N–H and O–H groups in total. The van der Waals surface area contributed by atoms with Gasteiger partial charge in [-0.2, -0.15) is 5.10 Å². The van der Waals surface area contributed by atoms with E-state index < -0.39 is 5.91 Å². The van der Waals surface area contributed by atoms with Crippen LogP contribution in [0.4, 0.5) is 11.5 Å².